The molecule has 2 heteroatoms. The molecular weight excluding hydrogens is 414 g/mol. The molecule has 0 spiro atoms. The average molecular weight is 451 g/mol. The Morgan fingerprint density at radius 3 is 2.27 bits per heavy atom. The Morgan fingerprint density at radius 1 is 0.818 bits per heavy atom. The summed E-state index contributed by atoms with van der Waals surface area (Å²) in [4.78, 5) is 0. The lowest BCUT2D eigenvalue weighted by molar-refractivity contribution is -0.659. The lowest BCUT2D eigenvalue weighted by Crippen LogP contribution is -2.31. The molecule has 1 aromatic heterocycles. The number of fused-ring (bicyclic) bond motifs is 1. The maximum atomic E-state index is 2.56. The molecule has 1 saturated heterocycles. The number of hydrogen-bond donors (Lipinski definition) is 0. The Kier molecular flexibility index (Phi) is 5.74. The molecular formula is C31H36NSi+. The SMILES string of the molecule is Cc1cc(-c2ccccc2)cc(-c2c3ccc(C4CC[Si](C)(C)CC4)cc3cc[n+]2C)c1C. The largest absolute Gasteiger partial charge is 0.220 e. The summed E-state index contributed by atoms with van der Waals surface area (Å²) in [6.45, 7) is 9.62. The maximum Gasteiger partial charge on any atom is 0.220 e. The molecule has 2 heterocycles. The van der Waals surface area contributed by atoms with Crippen LogP contribution in [0.15, 0.2) is 72.9 Å². The van der Waals surface area contributed by atoms with Gasteiger partial charge in [0.2, 0.25) is 5.69 Å². The van der Waals surface area contributed by atoms with Gasteiger partial charge in [-0.3, -0.25) is 0 Å². The number of aromatic nitrogens is 1. The number of pyridine rings is 1. The Bertz CT molecular complexity index is 1310. The highest BCUT2D eigenvalue weighted by molar-refractivity contribution is 6.77. The Morgan fingerprint density at radius 2 is 1.55 bits per heavy atom. The van der Waals surface area contributed by atoms with Crippen LogP contribution in [-0.4, -0.2) is 8.07 Å². The molecule has 3 aromatic carbocycles. The Hall–Kier alpha value is -2.71. The van der Waals surface area contributed by atoms with E-state index < -0.39 is 8.07 Å². The van der Waals surface area contributed by atoms with E-state index in [1.165, 1.54) is 74.8 Å². The van der Waals surface area contributed by atoms with Crippen molar-refractivity contribution in [2.24, 2.45) is 7.05 Å². The zero-order valence-electron chi connectivity index (χ0n) is 20.8. The van der Waals surface area contributed by atoms with Crippen LogP contribution in [0, 0.1) is 13.8 Å². The molecule has 0 aliphatic carbocycles. The second-order valence-electron chi connectivity index (χ2n) is 10.9. The molecule has 1 aliphatic rings. The van der Waals surface area contributed by atoms with Crippen molar-refractivity contribution in [3.63, 3.8) is 0 Å². The number of nitrogens with zero attached hydrogens (tertiary/aromatic N) is 1. The van der Waals surface area contributed by atoms with Crippen LogP contribution in [0.25, 0.3) is 33.2 Å². The van der Waals surface area contributed by atoms with Gasteiger partial charge in [0.25, 0.3) is 0 Å². The van der Waals surface area contributed by atoms with Crippen molar-refractivity contribution in [1.82, 2.24) is 0 Å². The van der Waals surface area contributed by atoms with Gasteiger partial charge in [0.1, 0.15) is 7.05 Å². The monoisotopic (exact) mass is 450 g/mol. The summed E-state index contributed by atoms with van der Waals surface area (Å²) in [7, 11) is 1.25. The highest BCUT2D eigenvalue weighted by atomic mass is 28.3. The van der Waals surface area contributed by atoms with Crippen LogP contribution in [-0.2, 0) is 7.05 Å². The van der Waals surface area contributed by atoms with Crippen molar-refractivity contribution in [3.05, 3.63) is 89.6 Å². The molecule has 168 valence electrons. The summed E-state index contributed by atoms with van der Waals surface area (Å²) in [5.74, 6) is 0.734. The van der Waals surface area contributed by atoms with Crippen molar-refractivity contribution in [1.29, 1.82) is 0 Å². The summed E-state index contributed by atoms with van der Waals surface area (Å²) in [6.07, 6.45) is 4.98. The Balaban J connectivity index is 1.62. The summed E-state index contributed by atoms with van der Waals surface area (Å²) >= 11 is 0. The van der Waals surface area contributed by atoms with Crippen LogP contribution < -0.4 is 4.57 Å². The van der Waals surface area contributed by atoms with Gasteiger partial charge in [0.05, 0.1) is 10.9 Å². The van der Waals surface area contributed by atoms with E-state index in [-0.39, 0.29) is 0 Å². The topological polar surface area (TPSA) is 3.88 Å². The molecule has 1 fully saturated rings. The summed E-state index contributed by atoms with van der Waals surface area (Å²) in [6, 6.07) is 28.0. The van der Waals surface area contributed by atoms with E-state index in [0.717, 1.165) is 5.92 Å². The van der Waals surface area contributed by atoms with Crippen LogP contribution in [0.5, 0.6) is 0 Å². The zero-order chi connectivity index (χ0) is 23.2. The van der Waals surface area contributed by atoms with Crippen LogP contribution in [0.1, 0.15) is 35.4 Å². The van der Waals surface area contributed by atoms with E-state index in [2.05, 4.69) is 111 Å². The lowest BCUT2D eigenvalue weighted by atomic mass is 9.89. The van der Waals surface area contributed by atoms with Gasteiger partial charge < -0.3 is 0 Å². The quantitative estimate of drug-likeness (QED) is 0.219. The molecule has 33 heavy (non-hydrogen) atoms. The molecule has 1 nitrogen and oxygen atoms in total. The second-order valence-corrected chi connectivity index (χ2v) is 16.2. The minimum absolute atomic E-state index is 0.734. The first kappa shape index (κ1) is 22.1. The number of benzene rings is 3. The first-order chi connectivity index (χ1) is 15.8. The van der Waals surface area contributed by atoms with Gasteiger partial charge in [0, 0.05) is 14.1 Å². The fourth-order valence-corrected chi connectivity index (χ4v) is 8.13. The average Bonchev–Trinajstić information content (AvgIpc) is 2.81. The molecule has 0 atom stereocenters. The minimum atomic E-state index is -0.928. The fraction of sp³-hybridized carbons (Fsp3) is 0.323. The molecule has 4 aromatic rings. The van der Waals surface area contributed by atoms with E-state index in [1.54, 1.807) is 0 Å². The van der Waals surface area contributed by atoms with Crippen molar-refractivity contribution >= 4 is 18.8 Å². The predicted octanol–water partition coefficient (Wildman–Crippen LogP) is 8.20. The van der Waals surface area contributed by atoms with Crippen LogP contribution in [0.2, 0.25) is 25.2 Å². The van der Waals surface area contributed by atoms with Gasteiger partial charge >= 0.3 is 0 Å². The minimum Gasteiger partial charge on any atom is -0.200 e. The van der Waals surface area contributed by atoms with Gasteiger partial charge in [0.15, 0.2) is 6.20 Å². The third kappa shape index (κ3) is 4.29. The molecule has 0 radical (unpaired) electrons. The van der Waals surface area contributed by atoms with Crippen molar-refractivity contribution in [2.75, 3.05) is 0 Å². The zero-order valence-corrected chi connectivity index (χ0v) is 21.8. The van der Waals surface area contributed by atoms with Gasteiger partial charge in [-0.05, 0) is 77.9 Å². The molecule has 0 saturated carbocycles. The molecule has 0 bridgehead atoms. The lowest BCUT2D eigenvalue weighted by Gasteiger charge is -2.33. The summed E-state index contributed by atoms with van der Waals surface area (Å²) in [5, 5.41) is 2.71. The van der Waals surface area contributed by atoms with Crippen LogP contribution in [0.3, 0.4) is 0 Å². The normalized spacial score (nSPS) is 16.3. The number of hydrogen-bond acceptors (Lipinski definition) is 0. The van der Waals surface area contributed by atoms with E-state index in [1.807, 2.05) is 0 Å². The fourth-order valence-electron chi connectivity index (χ4n) is 5.62. The van der Waals surface area contributed by atoms with Gasteiger partial charge in [-0.1, -0.05) is 73.7 Å². The Labute approximate surface area is 200 Å². The van der Waals surface area contributed by atoms with Gasteiger partial charge in [-0.25, -0.2) is 4.57 Å². The highest BCUT2D eigenvalue weighted by Gasteiger charge is 2.29. The highest BCUT2D eigenvalue weighted by Crippen LogP contribution is 2.40. The molecule has 0 amide bonds. The molecule has 1 aliphatic heterocycles. The van der Waals surface area contributed by atoms with Crippen molar-refractivity contribution < 1.29 is 4.57 Å². The molecule has 0 unspecified atom stereocenters. The maximum absolute atomic E-state index is 2.56. The van der Waals surface area contributed by atoms with Crippen LogP contribution in [0.4, 0.5) is 0 Å². The van der Waals surface area contributed by atoms with Crippen molar-refractivity contribution in [3.8, 4) is 22.4 Å². The van der Waals surface area contributed by atoms with Gasteiger partial charge in [-0.2, -0.15) is 0 Å². The van der Waals surface area contributed by atoms with E-state index >= 15 is 0 Å². The van der Waals surface area contributed by atoms with E-state index in [4.69, 9.17) is 0 Å². The third-order valence-electron chi connectivity index (χ3n) is 8.00. The standard InChI is InChI=1S/C31H36NSi/c1-22-19-28(24-9-7-6-8-10-24)21-30(23(22)2)31-29-12-11-26(20-27(29)13-16-32(31)3)25-14-17-33(4,5)18-15-25/h6-13,16,19-21,25H,14-15,17-18H2,1-5H3/q+1. The molecule has 5 rings (SSSR count). The van der Waals surface area contributed by atoms with Gasteiger partial charge in [-0.15, -0.1) is 0 Å². The van der Waals surface area contributed by atoms with Crippen molar-refractivity contribution in [2.45, 2.75) is 57.8 Å². The molecule has 0 N–H and O–H groups in total. The van der Waals surface area contributed by atoms with Crippen LogP contribution >= 0.6 is 0 Å². The first-order valence-electron chi connectivity index (χ1n) is 12.4. The number of aryl methyl sites for hydroxylation is 2. The smallest absolute Gasteiger partial charge is 0.200 e. The van der Waals surface area contributed by atoms with E-state index in [9.17, 15) is 0 Å². The first-order valence-corrected chi connectivity index (χ1v) is 15.8. The summed E-state index contributed by atoms with van der Waals surface area (Å²) in [5.41, 5.74) is 9.45. The summed E-state index contributed by atoms with van der Waals surface area (Å²) < 4.78 is 2.30. The van der Waals surface area contributed by atoms with E-state index in [0.29, 0.717) is 0 Å². The second kappa shape index (κ2) is 8.57. The number of rotatable bonds is 3. The predicted molar refractivity (Wildman–Crippen MR) is 145 cm³/mol. The third-order valence-corrected chi connectivity index (χ3v) is 11.3.